The van der Waals surface area contributed by atoms with Gasteiger partial charge in [-0.1, -0.05) is 0 Å². The molecule has 3 saturated heterocycles. The van der Waals surface area contributed by atoms with Gasteiger partial charge in [0.1, 0.15) is 0 Å². The van der Waals surface area contributed by atoms with E-state index in [-0.39, 0.29) is 0 Å². The molecule has 0 aliphatic carbocycles. The molecule has 0 spiro atoms. The third kappa shape index (κ3) is 2.34. The first-order chi connectivity index (χ1) is 7.35. The molecule has 0 aromatic rings. The van der Waals surface area contributed by atoms with Crippen LogP contribution in [0.4, 0.5) is 0 Å². The van der Waals surface area contributed by atoms with Gasteiger partial charge in [0.2, 0.25) is 0 Å². The molecule has 3 nitrogen and oxygen atoms in total. The highest BCUT2D eigenvalue weighted by molar-refractivity contribution is 5.03. The summed E-state index contributed by atoms with van der Waals surface area (Å²) in [5.74, 6) is 6.19. The molecule has 84 valence electrons. The van der Waals surface area contributed by atoms with Crippen molar-refractivity contribution in [3.8, 4) is 11.8 Å². The molecule has 1 N–H and O–H groups in total. The monoisotopic (exact) mass is 207 g/mol. The normalized spacial score (nSPS) is 35.7. The van der Waals surface area contributed by atoms with Gasteiger partial charge in [-0.2, -0.15) is 0 Å². The van der Waals surface area contributed by atoms with E-state index in [4.69, 9.17) is 0 Å². The van der Waals surface area contributed by atoms with E-state index < -0.39 is 0 Å². The summed E-state index contributed by atoms with van der Waals surface area (Å²) in [6.45, 7) is 8.13. The Morgan fingerprint density at radius 3 is 2.53 bits per heavy atom. The molecule has 0 aromatic carbocycles. The Balaban J connectivity index is 1.97. The number of hydrogen-bond acceptors (Lipinski definition) is 3. The Morgan fingerprint density at radius 2 is 2.07 bits per heavy atom. The van der Waals surface area contributed by atoms with E-state index in [0.717, 1.165) is 6.42 Å². The number of fused-ring (bicyclic) bond motifs is 3. The smallest absolute Gasteiger partial charge is 0.0386 e. The van der Waals surface area contributed by atoms with Gasteiger partial charge < -0.3 is 5.32 Å². The number of hydrogen-bond donors (Lipinski definition) is 1. The molecule has 0 aromatic heterocycles. The van der Waals surface area contributed by atoms with Crippen molar-refractivity contribution >= 4 is 0 Å². The van der Waals surface area contributed by atoms with E-state index in [0.29, 0.717) is 12.1 Å². The summed E-state index contributed by atoms with van der Waals surface area (Å²) in [5, 5.41) is 3.42. The lowest BCUT2D eigenvalue weighted by Crippen LogP contribution is -2.66. The summed E-state index contributed by atoms with van der Waals surface area (Å²) in [5.41, 5.74) is 0. The van der Waals surface area contributed by atoms with Crippen LogP contribution in [0.5, 0.6) is 0 Å². The molecule has 15 heavy (non-hydrogen) atoms. The third-order valence-corrected chi connectivity index (χ3v) is 3.66. The zero-order chi connectivity index (χ0) is 10.7. The van der Waals surface area contributed by atoms with E-state index in [9.17, 15) is 0 Å². The largest absolute Gasteiger partial charge is 0.315 e. The molecule has 3 rings (SSSR count). The Hall–Kier alpha value is -0.560. The predicted octanol–water partition coefficient (Wildman–Crippen LogP) is -0.0124. The molecule has 3 fully saturated rings. The Bertz CT molecular complexity index is 258. The van der Waals surface area contributed by atoms with Gasteiger partial charge in [-0.15, -0.1) is 11.8 Å². The lowest BCUT2D eigenvalue weighted by Gasteiger charge is -2.49. The van der Waals surface area contributed by atoms with Crippen LogP contribution in [0.1, 0.15) is 13.3 Å². The molecule has 3 heteroatoms. The third-order valence-electron chi connectivity index (χ3n) is 3.66. The van der Waals surface area contributed by atoms with Crippen LogP contribution in [0, 0.1) is 11.8 Å². The maximum absolute atomic E-state index is 3.42. The molecular formula is C12H21N3. The summed E-state index contributed by atoms with van der Waals surface area (Å²) in [6.07, 6.45) is 0.974. The topological polar surface area (TPSA) is 18.5 Å². The first kappa shape index (κ1) is 10.9. The van der Waals surface area contributed by atoms with Crippen molar-refractivity contribution in [3.05, 3.63) is 0 Å². The number of nitrogens with zero attached hydrogens (tertiary/aromatic N) is 2. The number of piperazine rings is 3. The maximum Gasteiger partial charge on any atom is 0.0386 e. The van der Waals surface area contributed by atoms with Gasteiger partial charge in [0.25, 0.3) is 0 Å². The molecule has 3 aliphatic heterocycles. The van der Waals surface area contributed by atoms with Gasteiger partial charge >= 0.3 is 0 Å². The van der Waals surface area contributed by atoms with Gasteiger partial charge in [0.05, 0.1) is 0 Å². The standard InChI is InChI=1S/C12H21N3/c1-3-4-5-11(13-2)12-10-14-6-8-15(12)9-7-14/h11-13H,5-10H2,1-2H3. The predicted molar refractivity (Wildman–Crippen MR) is 62.7 cm³/mol. The van der Waals surface area contributed by atoms with E-state index in [2.05, 4.69) is 34.0 Å². The van der Waals surface area contributed by atoms with Crippen molar-refractivity contribution < 1.29 is 0 Å². The van der Waals surface area contributed by atoms with Crippen molar-refractivity contribution in [1.29, 1.82) is 0 Å². The first-order valence-electron chi connectivity index (χ1n) is 5.88. The van der Waals surface area contributed by atoms with Gasteiger partial charge in [-0.3, -0.25) is 9.80 Å². The SMILES string of the molecule is CC#CCC(NC)C1CN2CCN1CC2. The van der Waals surface area contributed by atoms with Crippen molar-refractivity contribution in [2.24, 2.45) is 0 Å². The van der Waals surface area contributed by atoms with Crippen LogP contribution >= 0.6 is 0 Å². The van der Waals surface area contributed by atoms with Crippen LogP contribution in [0.3, 0.4) is 0 Å². The summed E-state index contributed by atoms with van der Waals surface area (Å²) in [4.78, 5) is 5.20. The highest BCUT2D eigenvalue weighted by atomic mass is 15.4. The molecule has 3 aliphatic rings. The summed E-state index contributed by atoms with van der Waals surface area (Å²) in [6, 6.07) is 1.19. The van der Waals surface area contributed by atoms with Crippen LogP contribution in [0.15, 0.2) is 0 Å². The molecular weight excluding hydrogens is 186 g/mol. The van der Waals surface area contributed by atoms with Gasteiger partial charge in [0.15, 0.2) is 0 Å². The van der Waals surface area contributed by atoms with E-state index in [1.807, 2.05) is 6.92 Å². The highest BCUT2D eigenvalue weighted by Crippen LogP contribution is 2.19. The van der Waals surface area contributed by atoms with Crippen LogP contribution in [-0.2, 0) is 0 Å². The van der Waals surface area contributed by atoms with E-state index in [1.165, 1.54) is 32.7 Å². The minimum absolute atomic E-state index is 0.528. The average molecular weight is 207 g/mol. The van der Waals surface area contributed by atoms with Crippen molar-refractivity contribution in [1.82, 2.24) is 15.1 Å². The van der Waals surface area contributed by atoms with E-state index in [1.54, 1.807) is 0 Å². The number of nitrogens with one attached hydrogen (secondary N) is 1. The number of rotatable bonds is 3. The second-order valence-electron chi connectivity index (χ2n) is 4.43. The van der Waals surface area contributed by atoms with Crippen LogP contribution in [0.25, 0.3) is 0 Å². The van der Waals surface area contributed by atoms with Gasteiger partial charge in [-0.05, 0) is 14.0 Å². The summed E-state index contributed by atoms with van der Waals surface area (Å²) >= 11 is 0. The quantitative estimate of drug-likeness (QED) is 0.657. The van der Waals surface area contributed by atoms with Crippen LogP contribution in [-0.4, -0.2) is 61.7 Å². The number of likely N-dealkylation sites (N-methyl/N-ethyl adjacent to an activating group) is 1. The van der Waals surface area contributed by atoms with E-state index >= 15 is 0 Å². The fourth-order valence-electron chi connectivity index (χ4n) is 2.68. The zero-order valence-electron chi connectivity index (χ0n) is 9.79. The lowest BCUT2D eigenvalue weighted by atomic mass is 9.98. The Morgan fingerprint density at radius 1 is 1.33 bits per heavy atom. The van der Waals surface area contributed by atoms with Gasteiger partial charge in [-0.25, -0.2) is 0 Å². The molecule has 2 bridgehead atoms. The Labute approximate surface area is 92.8 Å². The fraction of sp³-hybridized carbons (Fsp3) is 0.833. The van der Waals surface area contributed by atoms with Crippen molar-refractivity contribution in [3.63, 3.8) is 0 Å². The molecule has 0 radical (unpaired) electrons. The molecule has 2 unspecified atom stereocenters. The zero-order valence-corrected chi connectivity index (χ0v) is 9.79. The lowest BCUT2D eigenvalue weighted by molar-refractivity contribution is -0.00133. The molecule has 0 amide bonds. The molecule has 2 atom stereocenters. The second kappa shape index (κ2) is 4.98. The van der Waals surface area contributed by atoms with Gasteiger partial charge in [0, 0.05) is 51.2 Å². The van der Waals surface area contributed by atoms with Crippen LogP contribution < -0.4 is 5.32 Å². The molecule has 0 saturated carbocycles. The summed E-state index contributed by atoms with van der Waals surface area (Å²) in [7, 11) is 2.06. The summed E-state index contributed by atoms with van der Waals surface area (Å²) < 4.78 is 0. The Kier molecular flexibility index (Phi) is 3.63. The van der Waals surface area contributed by atoms with Crippen molar-refractivity contribution in [2.75, 3.05) is 39.8 Å². The van der Waals surface area contributed by atoms with Crippen molar-refractivity contribution in [2.45, 2.75) is 25.4 Å². The first-order valence-corrected chi connectivity index (χ1v) is 5.88. The minimum Gasteiger partial charge on any atom is -0.315 e. The fourth-order valence-corrected chi connectivity index (χ4v) is 2.68. The second-order valence-corrected chi connectivity index (χ2v) is 4.43. The minimum atomic E-state index is 0.528. The van der Waals surface area contributed by atoms with Crippen LogP contribution in [0.2, 0.25) is 0 Å². The molecule has 3 heterocycles. The average Bonchev–Trinajstić information content (AvgIpc) is 2.32. The maximum atomic E-state index is 3.42. The highest BCUT2D eigenvalue weighted by Gasteiger charge is 2.35.